The summed E-state index contributed by atoms with van der Waals surface area (Å²) in [4.78, 5) is 7.54. The van der Waals surface area contributed by atoms with Gasteiger partial charge < -0.3 is 9.72 Å². The molecule has 0 saturated carbocycles. The fourth-order valence-corrected chi connectivity index (χ4v) is 4.35. The van der Waals surface area contributed by atoms with Crippen molar-refractivity contribution in [1.82, 2.24) is 19.6 Å². The van der Waals surface area contributed by atoms with Gasteiger partial charge in [-0.1, -0.05) is 29.8 Å². The summed E-state index contributed by atoms with van der Waals surface area (Å²) in [5, 5.41) is 4.40. The molecule has 1 aromatic carbocycles. The molecule has 144 valence electrons. The average molecular weight is 426 g/mol. The van der Waals surface area contributed by atoms with Crippen LogP contribution in [-0.4, -0.2) is 39.5 Å². The predicted octanol–water partition coefficient (Wildman–Crippen LogP) is 4.43. The molecule has 3 aromatic rings. The van der Waals surface area contributed by atoms with Crippen LogP contribution in [-0.2, 0) is 6.54 Å². The first-order valence-corrected chi connectivity index (χ1v) is 9.35. The highest BCUT2D eigenvalue weighted by atomic mass is 35.5. The van der Waals surface area contributed by atoms with Crippen LogP contribution in [0.4, 0.5) is 0 Å². The zero-order valence-electron chi connectivity index (χ0n) is 14.8. The van der Waals surface area contributed by atoms with Gasteiger partial charge >= 0.3 is 0 Å². The molecule has 3 aliphatic heterocycles. The Labute approximate surface area is 176 Å². The van der Waals surface area contributed by atoms with E-state index in [2.05, 4.69) is 45.1 Å². The Balaban J connectivity index is 0.00000105. The van der Waals surface area contributed by atoms with Gasteiger partial charge in [0.25, 0.3) is 0 Å². The van der Waals surface area contributed by atoms with E-state index >= 15 is 0 Å². The van der Waals surface area contributed by atoms with Gasteiger partial charge in [0.05, 0.1) is 11.4 Å². The van der Waals surface area contributed by atoms with Crippen molar-refractivity contribution in [1.29, 1.82) is 0 Å². The van der Waals surface area contributed by atoms with E-state index < -0.39 is 0 Å². The molecular weight excluding hydrogens is 403 g/mol. The first kappa shape index (κ1) is 20.4. The predicted molar refractivity (Wildman–Crippen MR) is 115 cm³/mol. The maximum Gasteiger partial charge on any atom is 0.137 e. The number of halogens is 3. The van der Waals surface area contributed by atoms with Crippen LogP contribution < -0.4 is 5.32 Å². The summed E-state index contributed by atoms with van der Waals surface area (Å²) >= 11 is 6.08. The minimum atomic E-state index is 0. The number of benzene rings is 1. The monoisotopic (exact) mass is 424 g/mol. The van der Waals surface area contributed by atoms with Gasteiger partial charge in [-0.2, -0.15) is 0 Å². The normalized spacial score (nSPS) is 21.7. The molecule has 2 aromatic heterocycles. The smallest absolute Gasteiger partial charge is 0.137 e. The Kier molecular flexibility index (Phi) is 6.34. The molecule has 1 N–H and O–H groups in total. The summed E-state index contributed by atoms with van der Waals surface area (Å²) in [6, 6.07) is 15.5. The highest BCUT2D eigenvalue weighted by Crippen LogP contribution is 2.30. The lowest BCUT2D eigenvalue weighted by Crippen LogP contribution is -2.60. The minimum absolute atomic E-state index is 0. The molecule has 3 aliphatic rings. The van der Waals surface area contributed by atoms with E-state index in [1.54, 1.807) is 0 Å². The number of hydrogen-bond donors (Lipinski definition) is 1. The summed E-state index contributed by atoms with van der Waals surface area (Å²) in [7, 11) is 0. The fourth-order valence-electron chi connectivity index (χ4n) is 4.22. The first-order chi connectivity index (χ1) is 12.3. The molecule has 0 aliphatic carbocycles. The van der Waals surface area contributed by atoms with Crippen molar-refractivity contribution < 1.29 is 0 Å². The summed E-state index contributed by atoms with van der Waals surface area (Å²) in [5.74, 6) is 0. The summed E-state index contributed by atoms with van der Waals surface area (Å²) < 4.78 is 2.24. The van der Waals surface area contributed by atoms with Crippen LogP contribution in [0.2, 0.25) is 5.02 Å². The standard InChI is InChI=1S/C20H21ClN4.2ClH/c21-15-6-4-14(5-7-15)20-18(25-10-2-1-3-19(25)23-20)13-24-12-16-8-9-17(24)11-22-16;;/h1-7,10,16-17,22H,8-9,11-13H2;2*1H. The third-order valence-electron chi connectivity index (χ3n) is 5.56. The van der Waals surface area contributed by atoms with Gasteiger partial charge in [-0.3, -0.25) is 4.90 Å². The maximum atomic E-state index is 6.08. The molecule has 6 rings (SSSR count). The zero-order chi connectivity index (χ0) is 16.8. The number of nitrogens with one attached hydrogen (secondary N) is 1. The third-order valence-corrected chi connectivity index (χ3v) is 5.81. The number of piperidine rings is 2. The summed E-state index contributed by atoms with van der Waals surface area (Å²) in [6.07, 6.45) is 4.72. The van der Waals surface area contributed by atoms with Gasteiger partial charge in [0.15, 0.2) is 0 Å². The van der Waals surface area contributed by atoms with Crippen molar-refractivity contribution in [2.45, 2.75) is 31.5 Å². The molecule has 0 amide bonds. The second kappa shape index (κ2) is 8.38. The van der Waals surface area contributed by atoms with Crippen molar-refractivity contribution in [2.75, 3.05) is 13.1 Å². The second-order valence-electron chi connectivity index (χ2n) is 7.11. The van der Waals surface area contributed by atoms with Crippen molar-refractivity contribution in [2.24, 2.45) is 0 Å². The Morgan fingerprint density at radius 1 is 1.07 bits per heavy atom. The number of imidazole rings is 1. The summed E-state index contributed by atoms with van der Waals surface area (Å²) in [5.41, 5.74) is 4.47. The SMILES string of the molecule is Cl.Cl.Clc1ccc(-c2nc3ccccn3c2CN2CC3CCC2CN3)cc1. The van der Waals surface area contributed by atoms with Crippen LogP contribution in [0.15, 0.2) is 48.7 Å². The number of nitrogens with zero attached hydrogens (tertiary/aromatic N) is 3. The molecule has 0 spiro atoms. The van der Waals surface area contributed by atoms with E-state index in [9.17, 15) is 0 Å². The van der Waals surface area contributed by atoms with Gasteiger partial charge in [-0.25, -0.2) is 4.98 Å². The van der Waals surface area contributed by atoms with E-state index in [0.717, 1.165) is 41.6 Å². The lowest BCUT2D eigenvalue weighted by Gasteiger charge is -2.46. The molecule has 2 bridgehead atoms. The summed E-state index contributed by atoms with van der Waals surface area (Å²) in [6.45, 7) is 3.18. The third kappa shape index (κ3) is 3.82. The quantitative estimate of drug-likeness (QED) is 0.673. The van der Waals surface area contributed by atoms with Crippen LogP contribution >= 0.6 is 36.4 Å². The first-order valence-electron chi connectivity index (χ1n) is 8.97. The van der Waals surface area contributed by atoms with E-state index in [1.165, 1.54) is 18.5 Å². The maximum absolute atomic E-state index is 6.08. The van der Waals surface area contributed by atoms with E-state index in [1.807, 2.05) is 18.2 Å². The van der Waals surface area contributed by atoms with Crippen molar-refractivity contribution >= 4 is 42.1 Å². The van der Waals surface area contributed by atoms with Gasteiger partial charge in [0.1, 0.15) is 5.65 Å². The molecule has 5 heterocycles. The van der Waals surface area contributed by atoms with Crippen LogP contribution in [0, 0.1) is 0 Å². The largest absolute Gasteiger partial charge is 0.311 e. The van der Waals surface area contributed by atoms with Crippen molar-refractivity contribution in [3.63, 3.8) is 0 Å². The van der Waals surface area contributed by atoms with Crippen LogP contribution in [0.25, 0.3) is 16.9 Å². The molecular formula is C20H23Cl3N4. The average Bonchev–Trinajstić information content (AvgIpc) is 3.02. The zero-order valence-corrected chi connectivity index (χ0v) is 17.2. The van der Waals surface area contributed by atoms with Crippen LogP contribution in [0.5, 0.6) is 0 Å². The van der Waals surface area contributed by atoms with Crippen molar-refractivity contribution in [3.05, 3.63) is 59.4 Å². The van der Waals surface area contributed by atoms with E-state index in [4.69, 9.17) is 16.6 Å². The Morgan fingerprint density at radius 3 is 2.56 bits per heavy atom. The molecule has 7 heteroatoms. The minimum Gasteiger partial charge on any atom is -0.311 e. The molecule has 2 atom stereocenters. The highest BCUT2D eigenvalue weighted by Gasteiger charge is 2.34. The van der Waals surface area contributed by atoms with Crippen LogP contribution in [0.1, 0.15) is 18.5 Å². The number of aromatic nitrogens is 2. The Hall–Kier alpha value is -1.30. The molecule has 4 nitrogen and oxygen atoms in total. The lowest BCUT2D eigenvalue weighted by molar-refractivity contribution is 0.0674. The van der Waals surface area contributed by atoms with Gasteiger partial charge in [-0.05, 0) is 37.1 Å². The number of fused-ring (bicyclic) bond motifs is 4. The van der Waals surface area contributed by atoms with Crippen molar-refractivity contribution in [3.8, 4) is 11.3 Å². The van der Waals surface area contributed by atoms with Gasteiger partial charge in [0, 0.05) is 48.5 Å². The second-order valence-corrected chi connectivity index (χ2v) is 7.55. The molecule has 2 unspecified atom stereocenters. The Bertz CT molecular complexity index is 901. The van der Waals surface area contributed by atoms with E-state index in [0.29, 0.717) is 12.1 Å². The molecule has 3 saturated heterocycles. The van der Waals surface area contributed by atoms with Gasteiger partial charge in [-0.15, -0.1) is 24.8 Å². The lowest BCUT2D eigenvalue weighted by atomic mass is 9.93. The molecule has 3 fully saturated rings. The highest BCUT2D eigenvalue weighted by molar-refractivity contribution is 6.30. The molecule has 0 radical (unpaired) electrons. The number of piperazine rings is 1. The number of pyridine rings is 1. The topological polar surface area (TPSA) is 32.6 Å². The van der Waals surface area contributed by atoms with Crippen LogP contribution in [0.3, 0.4) is 0 Å². The number of hydrogen-bond acceptors (Lipinski definition) is 3. The van der Waals surface area contributed by atoms with E-state index in [-0.39, 0.29) is 24.8 Å². The fraction of sp³-hybridized carbons (Fsp3) is 0.350. The van der Waals surface area contributed by atoms with Gasteiger partial charge in [0.2, 0.25) is 0 Å². The number of rotatable bonds is 3. The Morgan fingerprint density at radius 2 is 1.89 bits per heavy atom. The molecule has 27 heavy (non-hydrogen) atoms.